The first-order valence-electron chi connectivity index (χ1n) is 18.7. The number of benzene rings is 8. The summed E-state index contributed by atoms with van der Waals surface area (Å²) in [6.07, 6.45) is 10.1. The Bertz CT molecular complexity index is 3060. The molecular formula is C53H36. The maximum absolute atomic E-state index is 4.20. The molecule has 3 aliphatic rings. The Hall–Kier alpha value is -6.50. The molecule has 0 saturated heterocycles. The number of hydrogen-bond acceptors (Lipinski definition) is 0. The number of fused-ring (bicyclic) bond motifs is 5. The van der Waals surface area contributed by atoms with E-state index in [0.717, 1.165) is 17.6 Å². The summed E-state index contributed by atoms with van der Waals surface area (Å²) in [5, 5.41) is 10.5. The van der Waals surface area contributed by atoms with Crippen LogP contribution in [0, 0.1) is 5.92 Å². The maximum atomic E-state index is 4.20. The molecule has 0 spiro atoms. The molecule has 11 rings (SSSR count). The van der Waals surface area contributed by atoms with Gasteiger partial charge in [-0.15, -0.1) is 0 Å². The van der Waals surface area contributed by atoms with Crippen LogP contribution in [0.25, 0.3) is 111 Å². The fraction of sp³-hybridized carbons (Fsp3) is 0.0566. The van der Waals surface area contributed by atoms with Crippen molar-refractivity contribution >= 4 is 55.6 Å². The highest BCUT2D eigenvalue weighted by molar-refractivity contribution is 6.23. The van der Waals surface area contributed by atoms with Crippen molar-refractivity contribution in [2.75, 3.05) is 0 Å². The summed E-state index contributed by atoms with van der Waals surface area (Å²) >= 11 is 0. The highest BCUT2D eigenvalue weighted by Gasteiger charge is 2.27. The molecule has 0 aliphatic heterocycles. The minimum Gasteiger partial charge on any atom is -0.0984 e. The van der Waals surface area contributed by atoms with Crippen LogP contribution >= 0.6 is 0 Å². The number of rotatable bonds is 5. The molecule has 0 aromatic heterocycles. The first kappa shape index (κ1) is 30.2. The molecular weight excluding hydrogens is 637 g/mol. The molecule has 3 aliphatic carbocycles. The van der Waals surface area contributed by atoms with Crippen molar-refractivity contribution in [3.05, 3.63) is 180 Å². The van der Waals surface area contributed by atoms with Crippen LogP contribution in [0.2, 0.25) is 0 Å². The monoisotopic (exact) mass is 672 g/mol. The lowest BCUT2D eigenvalue weighted by atomic mass is 9.81. The van der Waals surface area contributed by atoms with E-state index in [4.69, 9.17) is 0 Å². The molecule has 0 bridgehead atoms. The van der Waals surface area contributed by atoms with Gasteiger partial charge in [0, 0.05) is 0 Å². The van der Waals surface area contributed by atoms with Gasteiger partial charge in [-0.1, -0.05) is 172 Å². The van der Waals surface area contributed by atoms with Gasteiger partial charge in [0.1, 0.15) is 0 Å². The van der Waals surface area contributed by atoms with E-state index in [2.05, 4.69) is 166 Å². The molecule has 0 N–H and O–H groups in total. The van der Waals surface area contributed by atoms with Crippen LogP contribution in [0.4, 0.5) is 0 Å². The Morgan fingerprint density at radius 3 is 1.70 bits per heavy atom. The van der Waals surface area contributed by atoms with E-state index in [0.29, 0.717) is 5.92 Å². The van der Waals surface area contributed by atoms with Gasteiger partial charge in [0.2, 0.25) is 0 Å². The lowest BCUT2D eigenvalue weighted by molar-refractivity contribution is 0.801. The molecule has 1 atom stereocenters. The Morgan fingerprint density at radius 1 is 0.453 bits per heavy atom. The second kappa shape index (κ2) is 11.2. The summed E-state index contributed by atoms with van der Waals surface area (Å²) in [5.41, 5.74) is 17.8. The van der Waals surface area contributed by atoms with Gasteiger partial charge in [0.05, 0.1) is 0 Å². The summed E-state index contributed by atoms with van der Waals surface area (Å²) in [4.78, 5) is 0. The second-order valence-corrected chi connectivity index (χ2v) is 14.8. The minimum atomic E-state index is 0.427. The third-order valence-electron chi connectivity index (χ3n) is 12.0. The van der Waals surface area contributed by atoms with Gasteiger partial charge >= 0.3 is 0 Å². The molecule has 0 amide bonds. The van der Waals surface area contributed by atoms with Gasteiger partial charge in [-0.2, -0.15) is 0 Å². The van der Waals surface area contributed by atoms with Crippen molar-refractivity contribution in [1.82, 2.24) is 0 Å². The predicted octanol–water partition coefficient (Wildman–Crippen LogP) is 13.0. The number of hydrogen-bond donors (Lipinski definition) is 0. The fourth-order valence-electron chi connectivity index (χ4n) is 9.79. The van der Waals surface area contributed by atoms with Crippen molar-refractivity contribution in [3.8, 4) is 55.6 Å². The smallest absolute Gasteiger partial charge is 0.00201 e. The third kappa shape index (κ3) is 4.12. The van der Waals surface area contributed by atoms with Crippen LogP contribution in [-0.2, 0) is 0 Å². The molecule has 0 radical (unpaired) electrons. The number of allylic oxidation sites excluding steroid dienone is 4. The molecule has 1 unspecified atom stereocenters. The molecule has 0 heterocycles. The zero-order valence-electron chi connectivity index (χ0n) is 29.7. The Balaban J connectivity index is 1.30. The average molecular weight is 673 g/mol. The van der Waals surface area contributed by atoms with Crippen LogP contribution in [0.1, 0.15) is 24.5 Å². The van der Waals surface area contributed by atoms with E-state index < -0.39 is 0 Å². The zero-order valence-corrected chi connectivity index (χ0v) is 29.7. The van der Waals surface area contributed by atoms with E-state index >= 15 is 0 Å². The maximum Gasteiger partial charge on any atom is -0.00201 e. The summed E-state index contributed by atoms with van der Waals surface area (Å²) in [7, 11) is 0. The van der Waals surface area contributed by atoms with Crippen LogP contribution < -0.4 is 10.4 Å². The largest absolute Gasteiger partial charge is 0.0984 e. The third-order valence-corrected chi connectivity index (χ3v) is 12.0. The van der Waals surface area contributed by atoms with E-state index in [1.807, 2.05) is 12.2 Å². The molecule has 0 nitrogen and oxygen atoms in total. The lowest BCUT2D eigenvalue weighted by Gasteiger charge is -2.22. The van der Waals surface area contributed by atoms with E-state index in [9.17, 15) is 0 Å². The topological polar surface area (TPSA) is 0 Å². The molecule has 8 aromatic rings. The van der Waals surface area contributed by atoms with Crippen LogP contribution in [-0.4, -0.2) is 0 Å². The van der Waals surface area contributed by atoms with E-state index in [1.165, 1.54) is 110 Å². The van der Waals surface area contributed by atoms with Gasteiger partial charge in [-0.25, -0.2) is 0 Å². The zero-order chi connectivity index (χ0) is 35.4. The van der Waals surface area contributed by atoms with Gasteiger partial charge in [-0.05, 0) is 139 Å². The van der Waals surface area contributed by atoms with Crippen LogP contribution in [0.15, 0.2) is 159 Å². The van der Waals surface area contributed by atoms with Gasteiger partial charge in [-0.3, -0.25) is 0 Å². The van der Waals surface area contributed by atoms with Crippen LogP contribution in [0.3, 0.4) is 0 Å². The second-order valence-electron chi connectivity index (χ2n) is 14.8. The average Bonchev–Trinajstić information content (AvgIpc) is 3.71. The van der Waals surface area contributed by atoms with E-state index in [1.54, 1.807) is 0 Å². The summed E-state index contributed by atoms with van der Waals surface area (Å²) in [6.45, 7) is 10.8. The first-order chi connectivity index (χ1) is 26.1. The SMILES string of the molecule is C=CC1=C(C=C)c2ccc(-c3c4c(c(-c5ccc6c7c(cccc57)-c5ccccc5-6)c5cc(-c6ccccc6)ccc35)=CCC(C)C=4)c3cccc1c23. The standard InChI is InChI=1S/C53H36/c1-4-34-35(5-2)42-25-27-44(40-19-11-17-38(34)50(40)42)52-47-24-22-33(32-13-7-6-8-14-32)30-49(47)53(46-23-21-31(3)29-48(46)52)45-28-26-43-37-16-10-9-15-36(37)39-18-12-20-41(45)51(39)43/h4-20,22-31H,1-2,21H2,3H3. The quantitative estimate of drug-likeness (QED) is 0.171. The normalized spacial score (nSPS) is 15.0. The summed E-state index contributed by atoms with van der Waals surface area (Å²) in [6, 6.07) is 50.0. The Kier molecular flexibility index (Phi) is 6.40. The van der Waals surface area contributed by atoms with Crippen molar-refractivity contribution in [3.63, 3.8) is 0 Å². The van der Waals surface area contributed by atoms with Crippen molar-refractivity contribution in [2.24, 2.45) is 5.92 Å². The van der Waals surface area contributed by atoms with Crippen molar-refractivity contribution < 1.29 is 0 Å². The molecule has 0 saturated carbocycles. The highest BCUT2D eigenvalue weighted by atomic mass is 14.3. The molecule has 0 heteroatoms. The molecule has 248 valence electrons. The van der Waals surface area contributed by atoms with Gasteiger partial charge < -0.3 is 0 Å². The van der Waals surface area contributed by atoms with E-state index in [-0.39, 0.29) is 0 Å². The summed E-state index contributed by atoms with van der Waals surface area (Å²) in [5.74, 6) is 0.427. The first-order valence-corrected chi connectivity index (χ1v) is 18.7. The lowest BCUT2D eigenvalue weighted by Crippen LogP contribution is -2.33. The van der Waals surface area contributed by atoms with Crippen molar-refractivity contribution in [2.45, 2.75) is 13.3 Å². The van der Waals surface area contributed by atoms with Crippen molar-refractivity contribution in [1.29, 1.82) is 0 Å². The fourth-order valence-corrected chi connectivity index (χ4v) is 9.79. The minimum absolute atomic E-state index is 0.427. The summed E-state index contributed by atoms with van der Waals surface area (Å²) < 4.78 is 0. The van der Waals surface area contributed by atoms with Crippen LogP contribution in [0.5, 0.6) is 0 Å². The highest BCUT2D eigenvalue weighted by Crippen LogP contribution is 2.50. The van der Waals surface area contributed by atoms with Gasteiger partial charge in [0.15, 0.2) is 0 Å². The Morgan fingerprint density at radius 2 is 1.00 bits per heavy atom. The molecule has 8 aromatic carbocycles. The Labute approximate surface area is 309 Å². The van der Waals surface area contributed by atoms with Gasteiger partial charge in [0.25, 0.3) is 0 Å². The molecule has 0 fully saturated rings. The molecule has 53 heavy (non-hydrogen) atoms. The predicted molar refractivity (Wildman–Crippen MR) is 229 cm³/mol.